The molecule has 6 heteroatoms. The molecule has 2 heterocycles. The van der Waals surface area contributed by atoms with Gasteiger partial charge in [-0.05, 0) is 43.9 Å². The lowest BCUT2D eigenvalue weighted by atomic mass is 9.89. The summed E-state index contributed by atoms with van der Waals surface area (Å²) in [5.74, 6) is 0.519. The predicted octanol–water partition coefficient (Wildman–Crippen LogP) is 5.87. The molecule has 4 rings (SSSR count). The topological polar surface area (TPSA) is 64.3 Å². The van der Waals surface area contributed by atoms with E-state index >= 15 is 0 Å². The van der Waals surface area contributed by atoms with E-state index in [1.807, 2.05) is 36.6 Å². The molecule has 0 unspecified atom stereocenters. The SMILES string of the molecule is COc1cccc(-c2nc(-c3cc(C(=O)O)c(C)n3CC3CCCCC3)cs2)c1. The highest BCUT2D eigenvalue weighted by Gasteiger charge is 2.23. The second-order valence-corrected chi connectivity index (χ2v) is 8.58. The van der Waals surface area contributed by atoms with Crippen molar-refractivity contribution in [1.82, 2.24) is 9.55 Å². The Hall–Kier alpha value is -2.60. The van der Waals surface area contributed by atoms with Gasteiger partial charge in [-0.3, -0.25) is 0 Å². The molecule has 3 aromatic rings. The molecular weight excluding hydrogens is 384 g/mol. The standard InChI is InChI=1S/C23H26N2O3S/c1-15-19(23(26)27)12-21(25(15)13-16-7-4-3-5-8-16)20-14-29-22(24-20)17-9-6-10-18(11-17)28-2/h6,9-12,14,16H,3-5,7-8,13H2,1-2H3,(H,26,27). The van der Waals surface area contributed by atoms with Crippen molar-refractivity contribution in [3.8, 4) is 27.7 Å². The van der Waals surface area contributed by atoms with E-state index < -0.39 is 5.97 Å². The van der Waals surface area contributed by atoms with Crippen LogP contribution in [0, 0.1) is 12.8 Å². The van der Waals surface area contributed by atoms with Crippen LogP contribution in [-0.4, -0.2) is 27.7 Å². The highest BCUT2D eigenvalue weighted by atomic mass is 32.1. The fraction of sp³-hybridized carbons (Fsp3) is 0.391. The Morgan fingerprint density at radius 2 is 2.07 bits per heavy atom. The summed E-state index contributed by atoms with van der Waals surface area (Å²) in [5, 5.41) is 12.6. The Kier molecular flexibility index (Phi) is 5.72. The molecule has 0 spiro atoms. The monoisotopic (exact) mass is 410 g/mol. The van der Waals surface area contributed by atoms with Crippen molar-refractivity contribution in [2.45, 2.75) is 45.6 Å². The fourth-order valence-electron chi connectivity index (χ4n) is 4.22. The molecule has 1 aliphatic carbocycles. The number of thiazole rings is 1. The van der Waals surface area contributed by atoms with Crippen LogP contribution in [0.4, 0.5) is 0 Å². The largest absolute Gasteiger partial charge is 0.497 e. The summed E-state index contributed by atoms with van der Waals surface area (Å²) in [6.45, 7) is 2.77. The number of rotatable bonds is 6. The number of ether oxygens (including phenoxy) is 1. The van der Waals surface area contributed by atoms with Gasteiger partial charge in [0.1, 0.15) is 10.8 Å². The molecule has 152 valence electrons. The van der Waals surface area contributed by atoms with Gasteiger partial charge in [0.05, 0.1) is 24.1 Å². The highest BCUT2D eigenvalue weighted by molar-refractivity contribution is 7.13. The van der Waals surface area contributed by atoms with E-state index in [2.05, 4.69) is 4.57 Å². The Labute approximate surface area is 175 Å². The molecule has 1 aromatic carbocycles. The molecule has 1 saturated carbocycles. The van der Waals surface area contributed by atoms with E-state index in [9.17, 15) is 9.90 Å². The van der Waals surface area contributed by atoms with Gasteiger partial charge in [-0.15, -0.1) is 11.3 Å². The first-order valence-electron chi connectivity index (χ1n) is 10.1. The Morgan fingerprint density at radius 1 is 1.28 bits per heavy atom. The smallest absolute Gasteiger partial charge is 0.337 e. The second-order valence-electron chi connectivity index (χ2n) is 7.72. The molecule has 0 bridgehead atoms. The fourth-order valence-corrected chi connectivity index (χ4v) is 5.03. The van der Waals surface area contributed by atoms with Crippen molar-refractivity contribution in [2.24, 2.45) is 5.92 Å². The average molecular weight is 411 g/mol. The predicted molar refractivity (Wildman–Crippen MR) is 116 cm³/mol. The Morgan fingerprint density at radius 3 is 2.79 bits per heavy atom. The number of carboxylic acids is 1. The van der Waals surface area contributed by atoms with Gasteiger partial charge in [0.25, 0.3) is 0 Å². The maximum Gasteiger partial charge on any atom is 0.337 e. The van der Waals surface area contributed by atoms with Gasteiger partial charge < -0.3 is 14.4 Å². The quantitative estimate of drug-likeness (QED) is 0.552. The van der Waals surface area contributed by atoms with Gasteiger partial charge in [-0.25, -0.2) is 9.78 Å². The minimum absolute atomic E-state index is 0.367. The third kappa shape index (κ3) is 4.08. The van der Waals surface area contributed by atoms with Crippen LogP contribution in [0.2, 0.25) is 0 Å². The van der Waals surface area contributed by atoms with Crippen molar-refractivity contribution >= 4 is 17.3 Å². The third-order valence-electron chi connectivity index (χ3n) is 5.85. The summed E-state index contributed by atoms with van der Waals surface area (Å²) in [6, 6.07) is 9.63. The number of carbonyl (C=O) groups is 1. The molecule has 1 aliphatic rings. The second kappa shape index (κ2) is 8.41. The van der Waals surface area contributed by atoms with Crippen molar-refractivity contribution in [3.63, 3.8) is 0 Å². The van der Waals surface area contributed by atoms with Crippen LogP contribution in [0.15, 0.2) is 35.7 Å². The minimum atomic E-state index is -0.880. The van der Waals surface area contributed by atoms with Crippen LogP contribution in [0.3, 0.4) is 0 Å². The maximum atomic E-state index is 11.8. The van der Waals surface area contributed by atoms with E-state index in [0.29, 0.717) is 11.5 Å². The molecule has 0 aliphatic heterocycles. The lowest BCUT2D eigenvalue weighted by Gasteiger charge is -2.24. The normalized spacial score (nSPS) is 14.8. The summed E-state index contributed by atoms with van der Waals surface area (Å²) in [5.41, 5.74) is 3.91. The molecule has 0 saturated heterocycles. The zero-order valence-corrected chi connectivity index (χ0v) is 17.7. The van der Waals surface area contributed by atoms with Crippen LogP contribution in [-0.2, 0) is 6.54 Å². The number of aromatic carboxylic acids is 1. The number of benzene rings is 1. The average Bonchev–Trinajstić information content (AvgIpc) is 3.34. The number of hydrogen-bond donors (Lipinski definition) is 1. The molecule has 2 aromatic heterocycles. The van der Waals surface area contributed by atoms with Crippen LogP contribution >= 0.6 is 11.3 Å². The van der Waals surface area contributed by atoms with Crippen molar-refractivity contribution < 1.29 is 14.6 Å². The van der Waals surface area contributed by atoms with Crippen LogP contribution in [0.1, 0.15) is 48.2 Å². The zero-order valence-electron chi connectivity index (χ0n) is 16.9. The summed E-state index contributed by atoms with van der Waals surface area (Å²) < 4.78 is 7.49. The van der Waals surface area contributed by atoms with Crippen LogP contribution in [0.25, 0.3) is 22.0 Å². The lowest BCUT2D eigenvalue weighted by Crippen LogP contribution is -2.16. The number of methoxy groups -OCH3 is 1. The van der Waals surface area contributed by atoms with Crippen molar-refractivity contribution in [1.29, 1.82) is 0 Å². The molecular formula is C23H26N2O3S. The summed E-state index contributed by atoms with van der Waals surface area (Å²) in [4.78, 5) is 16.6. The van der Waals surface area contributed by atoms with Gasteiger partial charge in [-0.2, -0.15) is 0 Å². The van der Waals surface area contributed by atoms with E-state index in [1.165, 1.54) is 32.1 Å². The number of carboxylic acid groups (broad SMARTS) is 1. The summed E-state index contributed by atoms with van der Waals surface area (Å²) in [7, 11) is 1.65. The summed E-state index contributed by atoms with van der Waals surface area (Å²) >= 11 is 1.57. The van der Waals surface area contributed by atoms with Gasteiger partial charge in [0, 0.05) is 23.2 Å². The molecule has 1 N–H and O–H groups in total. The van der Waals surface area contributed by atoms with Gasteiger partial charge in [-0.1, -0.05) is 31.4 Å². The molecule has 0 amide bonds. The maximum absolute atomic E-state index is 11.8. The van der Waals surface area contributed by atoms with E-state index in [-0.39, 0.29) is 0 Å². The minimum Gasteiger partial charge on any atom is -0.497 e. The first-order valence-corrected chi connectivity index (χ1v) is 11.0. The first-order chi connectivity index (χ1) is 14.1. The molecule has 0 atom stereocenters. The van der Waals surface area contributed by atoms with E-state index in [4.69, 9.17) is 9.72 Å². The van der Waals surface area contributed by atoms with Gasteiger partial charge in [0.15, 0.2) is 0 Å². The number of nitrogens with zero attached hydrogens (tertiary/aromatic N) is 2. The molecule has 29 heavy (non-hydrogen) atoms. The van der Waals surface area contributed by atoms with E-state index in [1.54, 1.807) is 24.5 Å². The number of aromatic nitrogens is 2. The lowest BCUT2D eigenvalue weighted by molar-refractivity contribution is 0.0696. The van der Waals surface area contributed by atoms with E-state index in [0.717, 1.165) is 39.9 Å². The van der Waals surface area contributed by atoms with Gasteiger partial charge in [0.2, 0.25) is 0 Å². The molecule has 0 radical (unpaired) electrons. The third-order valence-corrected chi connectivity index (χ3v) is 6.74. The zero-order chi connectivity index (χ0) is 20.4. The first kappa shape index (κ1) is 19.7. The van der Waals surface area contributed by atoms with Crippen molar-refractivity contribution in [3.05, 3.63) is 47.0 Å². The summed E-state index contributed by atoms with van der Waals surface area (Å²) in [6.07, 6.45) is 6.27. The van der Waals surface area contributed by atoms with Crippen LogP contribution < -0.4 is 4.74 Å². The molecule has 1 fully saturated rings. The Bertz CT molecular complexity index is 1020. The highest BCUT2D eigenvalue weighted by Crippen LogP contribution is 2.34. The molecule has 5 nitrogen and oxygen atoms in total. The Balaban J connectivity index is 1.71. The number of hydrogen-bond acceptors (Lipinski definition) is 4. The van der Waals surface area contributed by atoms with Crippen LogP contribution in [0.5, 0.6) is 5.75 Å². The van der Waals surface area contributed by atoms with Crippen molar-refractivity contribution in [2.75, 3.05) is 7.11 Å². The van der Waals surface area contributed by atoms with Gasteiger partial charge >= 0.3 is 5.97 Å².